The third kappa shape index (κ3) is 2.65. The van der Waals surface area contributed by atoms with Gasteiger partial charge in [0, 0.05) is 5.02 Å². The van der Waals surface area contributed by atoms with Crippen LogP contribution in [0.4, 0.5) is 5.69 Å². The van der Waals surface area contributed by atoms with Crippen LogP contribution >= 0.6 is 34.8 Å². The molecule has 14 heavy (non-hydrogen) atoms. The fourth-order valence-corrected chi connectivity index (χ4v) is 1.70. The maximum Gasteiger partial charge on any atom is 0.208 e. The van der Waals surface area contributed by atoms with Crippen LogP contribution in [-0.2, 0) is 0 Å². The maximum absolute atomic E-state index is 5.84. The smallest absolute Gasteiger partial charge is 0.208 e. The van der Waals surface area contributed by atoms with Gasteiger partial charge in [0.05, 0.1) is 10.0 Å². The summed E-state index contributed by atoms with van der Waals surface area (Å²) in [4.78, 5) is 3.85. The van der Waals surface area contributed by atoms with Gasteiger partial charge < -0.3 is 5.73 Å². The lowest BCUT2D eigenvalue weighted by Crippen LogP contribution is -2.36. The maximum atomic E-state index is 5.84. The second kappa shape index (κ2) is 4.70. The molecule has 0 aromatic heterocycles. The first-order valence-corrected chi connectivity index (χ1v) is 4.63. The highest BCUT2D eigenvalue weighted by atomic mass is 35.5. The summed E-state index contributed by atoms with van der Waals surface area (Å²) >= 11 is 17.4. The molecular formula is C7H7Cl3N4. The van der Waals surface area contributed by atoms with Crippen molar-refractivity contribution in [2.24, 2.45) is 16.6 Å². The van der Waals surface area contributed by atoms with Crippen LogP contribution in [0.15, 0.2) is 17.1 Å². The van der Waals surface area contributed by atoms with Crippen molar-refractivity contribution in [2.45, 2.75) is 0 Å². The van der Waals surface area contributed by atoms with Gasteiger partial charge in [-0.15, -0.1) is 0 Å². The molecule has 0 aliphatic carbocycles. The van der Waals surface area contributed by atoms with Crippen molar-refractivity contribution in [3.8, 4) is 0 Å². The predicted octanol–water partition coefficient (Wildman–Crippen LogP) is 2.06. The lowest BCUT2D eigenvalue weighted by molar-refractivity contribution is 1.01. The third-order valence-electron chi connectivity index (χ3n) is 1.36. The van der Waals surface area contributed by atoms with Crippen LogP contribution in [0.25, 0.3) is 0 Å². The molecule has 0 unspecified atom stereocenters. The van der Waals surface area contributed by atoms with Crippen LogP contribution in [-0.4, -0.2) is 5.96 Å². The highest BCUT2D eigenvalue weighted by molar-refractivity contribution is 6.41. The molecule has 5 N–H and O–H groups in total. The van der Waals surface area contributed by atoms with E-state index < -0.39 is 0 Å². The molecule has 0 amide bonds. The highest BCUT2D eigenvalue weighted by Gasteiger charge is 2.06. The first-order valence-electron chi connectivity index (χ1n) is 3.50. The van der Waals surface area contributed by atoms with Gasteiger partial charge in [-0.2, -0.15) is 0 Å². The number of hydrazine groups is 1. The summed E-state index contributed by atoms with van der Waals surface area (Å²) < 4.78 is 0. The predicted molar refractivity (Wildman–Crippen MR) is 60.1 cm³/mol. The SMILES string of the molecule is NNC(N)=Nc1c(Cl)cc(Cl)cc1Cl. The monoisotopic (exact) mass is 252 g/mol. The standard InChI is InChI=1S/C7H7Cl3N4/c8-3-1-4(9)6(5(10)2-3)13-7(11)14-12/h1-2H,12H2,(H3,11,13,14). The Bertz CT molecular complexity index is 354. The number of rotatable bonds is 1. The molecule has 0 heterocycles. The number of nitrogens with two attached hydrogens (primary N) is 2. The number of hydrogen-bond acceptors (Lipinski definition) is 2. The molecule has 0 saturated carbocycles. The van der Waals surface area contributed by atoms with Crippen molar-refractivity contribution in [3.63, 3.8) is 0 Å². The number of benzene rings is 1. The van der Waals surface area contributed by atoms with Crippen molar-refractivity contribution in [3.05, 3.63) is 27.2 Å². The molecule has 1 rings (SSSR count). The lowest BCUT2D eigenvalue weighted by Gasteiger charge is -2.03. The summed E-state index contributed by atoms with van der Waals surface area (Å²) in [5, 5.41) is 1.04. The van der Waals surface area contributed by atoms with E-state index in [9.17, 15) is 0 Å². The van der Waals surface area contributed by atoms with Gasteiger partial charge in [-0.1, -0.05) is 34.8 Å². The Balaban J connectivity index is 3.21. The topological polar surface area (TPSA) is 76.4 Å². The Kier molecular flexibility index (Phi) is 3.83. The van der Waals surface area contributed by atoms with E-state index in [0.29, 0.717) is 20.8 Å². The zero-order valence-electron chi connectivity index (χ0n) is 6.89. The average Bonchev–Trinajstić information content (AvgIpc) is 2.10. The molecule has 0 atom stereocenters. The minimum Gasteiger partial charge on any atom is -0.369 e. The van der Waals surface area contributed by atoms with Gasteiger partial charge in [-0.3, -0.25) is 5.43 Å². The molecule has 0 aliphatic rings. The van der Waals surface area contributed by atoms with Gasteiger partial charge in [0.25, 0.3) is 0 Å². The van der Waals surface area contributed by atoms with E-state index in [1.165, 1.54) is 12.1 Å². The fourth-order valence-electron chi connectivity index (χ4n) is 0.794. The van der Waals surface area contributed by atoms with Crippen LogP contribution in [0.3, 0.4) is 0 Å². The molecule has 0 radical (unpaired) electrons. The number of nitrogens with one attached hydrogen (secondary N) is 1. The minimum absolute atomic E-state index is 0.0103. The number of nitrogens with zero attached hydrogens (tertiary/aromatic N) is 1. The molecule has 0 spiro atoms. The van der Waals surface area contributed by atoms with Crippen molar-refractivity contribution in [1.29, 1.82) is 0 Å². The molecule has 1 aromatic rings. The van der Waals surface area contributed by atoms with E-state index in [0.717, 1.165) is 0 Å². The zero-order valence-corrected chi connectivity index (χ0v) is 9.16. The van der Waals surface area contributed by atoms with E-state index in [1.807, 2.05) is 0 Å². The molecule has 0 aliphatic heterocycles. The normalized spacial score (nSPS) is 11.6. The number of guanidine groups is 1. The van der Waals surface area contributed by atoms with E-state index in [1.54, 1.807) is 0 Å². The average molecular weight is 254 g/mol. The second-order valence-corrected chi connectivity index (χ2v) is 3.61. The second-order valence-electron chi connectivity index (χ2n) is 2.36. The van der Waals surface area contributed by atoms with E-state index in [4.69, 9.17) is 46.4 Å². The van der Waals surface area contributed by atoms with Crippen LogP contribution < -0.4 is 17.0 Å². The first kappa shape index (κ1) is 11.4. The summed E-state index contributed by atoms with van der Waals surface area (Å²) in [6.45, 7) is 0. The van der Waals surface area contributed by atoms with Gasteiger partial charge in [0.15, 0.2) is 0 Å². The van der Waals surface area contributed by atoms with Crippen molar-refractivity contribution < 1.29 is 0 Å². The summed E-state index contributed by atoms with van der Waals surface area (Å²) in [6.07, 6.45) is 0. The quantitative estimate of drug-likeness (QED) is 0.310. The first-order chi connectivity index (χ1) is 6.54. The van der Waals surface area contributed by atoms with Gasteiger partial charge in [0.2, 0.25) is 5.96 Å². The molecule has 0 bridgehead atoms. The van der Waals surface area contributed by atoms with E-state index >= 15 is 0 Å². The van der Waals surface area contributed by atoms with E-state index in [-0.39, 0.29) is 5.96 Å². The molecule has 0 fully saturated rings. The molecular weight excluding hydrogens is 246 g/mol. The van der Waals surface area contributed by atoms with Gasteiger partial charge in [-0.25, -0.2) is 10.8 Å². The van der Waals surface area contributed by atoms with Gasteiger partial charge in [0.1, 0.15) is 5.69 Å². The number of halogens is 3. The molecule has 0 saturated heterocycles. The third-order valence-corrected chi connectivity index (χ3v) is 2.16. The largest absolute Gasteiger partial charge is 0.369 e. The Morgan fingerprint density at radius 3 is 2.14 bits per heavy atom. The summed E-state index contributed by atoms with van der Waals surface area (Å²) in [5.74, 6) is 5.04. The van der Waals surface area contributed by atoms with Gasteiger partial charge in [-0.05, 0) is 12.1 Å². The Morgan fingerprint density at radius 1 is 1.21 bits per heavy atom. The van der Waals surface area contributed by atoms with Crippen LogP contribution in [0.1, 0.15) is 0 Å². The van der Waals surface area contributed by atoms with Crippen LogP contribution in [0.5, 0.6) is 0 Å². The van der Waals surface area contributed by atoms with Crippen LogP contribution in [0.2, 0.25) is 15.1 Å². The zero-order chi connectivity index (χ0) is 10.7. The Labute approximate surface area is 95.8 Å². The van der Waals surface area contributed by atoms with Crippen molar-refractivity contribution in [2.75, 3.05) is 0 Å². The Hall–Kier alpha value is -0.680. The lowest BCUT2D eigenvalue weighted by atomic mass is 10.3. The fraction of sp³-hybridized carbons (Fsp3) is 0. The summed E-state index contributed by atoms with van der Waals surface area (Å²) in [5.41, 5.74) is 7.83. The molecule has 4 nitrogen and oxygen atoms in total. The van der Waals surface area contributed by atoms with E-state index in [2.05, 4.69) is 10.4 Å². The minimum atomic E-state index is 0.0103. The molecule has 7 heteroatoms. The number of hydrogen-bond donors (Lipinski definition) is 3. The molecule has 76 valence electrons. The van der Waals surface area contributed by atoms with Crippen molar-refractivity contribution >= 4 is 46.4 Å². The van der Waals surface area contributed by atoms with Crippen LogP contribution in [0, 0.1) is 0 Å². The summed E-state index contributed by atoms with van der Waals surface area (Å²) in [6, 6.07) is 3.02. The number of aliphatic imine (C=N–C) groups is 1. The Morgan fingerprint density at radius 2 is 1.71 bits per heavy atom. The molecule has 1 aromatic carbocycles. The summed E-state index contributed by atoms with van der Waals surface area (Å²) in [7, 11) is 0. The van der Waals surface area contributed by atoms with Gasteiger partial charge >= 0.3 is 0 Å². The van der Waals surface area contributed by atoms with Crippen molar-refractivity contribution in [1.82, 2.24) is 5.43 Å². The highest BCUT2D eigenvalue weighted by Crippen LogP contribution is 2.35.